The van der Waals surface area contributed by atoms with Gasteiger partial charge in [0.1, 0.15) is 0 Å². The van der Waals surface area contributed by atoms with Gasteiger partial charge in [-0.3, -0.25) is 16.3 Å². The van der Waals surface area contributed by atoms with E-state index >= 15 is 0 Å². The van der Waals surface area contributed by atoms with Crippen molar-refractivity contribution in [2.75, 3.05) is 0 Å². The maximum absolute atomic E-state index is 5.63. The Morgan fingerprint density at radius 1 is 1.41 bits per heavy atom. The number of aromatic nitrogens is 3. The molecule has 2 heterocycles. The van der Waals surface area contributed by atoms with E-state index in [9.17, 15) is 0 Å². The first-order valence-electron chi connectivity index (χ1n) is 6.10. The van der Waals surface area contributed by atoms with Gasteiger partial charge in [-0.05, 0) is 6.42 Å². The largest absolute Gasteiger partial charge is 0.271 e. The molecule has 0 aliphatic heterocycles. The molecule has 0 amide bonds. The van der Waals surface area contributed by atoms with E-state index in [-0.39, 0.29) is 6.04 Å². The molecule has 2 aromatic rings. The summed E-state index contributed by atoms with van der Waals surface area (Å²) in [5.74, 6) is 5.63. The molecule has 1 atom stereocenters. The number of hydrazine groups is 1. The highest BCUT2D eigenvalue weighted by molar-refractivity contribution is 5.53. The predicted molar refractivity (Wildman–Crippen MR) is 67.2 cm³/mol. The summed E-state index contributed by atoms with van der Waals surface area (Å²) in [5, 5.41) is 4.30. The summed E-state index contributed by atoms with van der Waals surface area (Å²) in [6.45, 7) is 2.20. The molecular formula is C12H19N5. The summed E-state index contributed by atoms with van der Waals surface area (Å²) >= 11 is 0. The maximum Gasteiger partial charge on any atom is 0.0893 e. The zero-order valence-corrected chi connectivity index (χ0v) is 10.1. The van der Waals surface area contributed by atoms with Gasteiger partial charge in [0.05, 0.1) is 17.9 Å². The van der Waals surface area contributed by atoms with E-state index in [1.54, 1.807) is 6.20 Å². The van der Waals surface area contributed by atoms with Crippen LogP contribution < -0.4 is 11.3 Å². The Balaban J connectivity index is 2.18. The van der Waals surface area contributed by atoms with Crippen LogP contribution in [0.5, 0.6) is 0 Å². The van der Waals surface area contributed by atoms with Gasteiger partial charge < -0.3 is 0 Å². The number of nitrogens with zero attached hydrogens (tertiary/aromatic N) is 3. The molecule has 3 N–H and O–H groups in total. The van der Waals surface area contributed by atoms with Gasteiger partial charge in [-0.15, -0.1) is 0 Å². The van der Waals surface area contributed by atoms with Crippen LogP contribution in [0.1, 0.15) is 44.2 Å². The minimum absolute atomic E-state index is 0.156. The first kappa shape index (κ1) is 12.0. The van der Waals surface area contributed by atoms with Crippen LogP contribution in [-0.2, 0) is 0 Å². The second-order valence-corrected chi connectivity index (χ2v) is 4.22. The topological polar surface area (TPSA) is 68.2 Å². The van der Waals surface area contributed by atoms with Crippen LogP contribution in [0, 0.1) is 0 Å². The van der Waals surface area contributed by atoms with Crippen LogP contribution in [0.25, 0.3) is 5.52 Å². The molecule has 0 saturated carbocycles. The van der Waals surface area contributed by atoms with Crippen LogP contribution in [0.3, 0.4) is 0 Å². The number of nitrogens with two attached hydrogens (primary N) is 1. The smallest absolute Gasteiger partial charge is 0.0893 e. The molecule has 1 unspecified atom stereocenters. The average molecular weight is 233 g/mol. The lowest BCUT2D eigenvalue weighted by atomic mass is 10.0. The van der Waals surface area contributed by atoms with Crippen LogP contribution >= 0.6 is 0 Å². The van der Waals surface area contributed by atoms with E-state index in [1.807, 2.05) is 23.1 Å². The number of fused-ring (bicyclic) bond motifs is 1. The van der Waals surface area contributed by atoms with Crippen molar-refractivity contribution in [2.24, 2.45) is 5.84 Å². The zero-order chi connectivity index (χ0) is 12.1. The van der Waals surface area contributed by atoms with E-state index in [0.717, 1.165) is 17.5 Å². The normalized spacial score (nSPS) is 13.1. The summed E-state index contributed by atoms with van der Waals surface area (Å²) in [6, 6.07) is 0.156. The summed E-state index contributed by atoms with van der Waals surface area (Å²) in [6.07, 6.45) is 11.9. The molecule has 92 valence electrons. The summed E-state index contributed by atoms with van der Waals surface area (Å²) in [5.41, 5.74) is 5.02. The van der Waals surface area contributed by atoms with Crippen molar-refractivity contribution in [3.63, 3.8) is 0 Å². The standard InChI is InChI=1S/C12H19N5/c1-2-3-4-5-11(16-13)10-8-15-17-7-6-14-9-12(10)17/h6-9,11,16H,2-5,13H2,1H3. The predicted octanol–water partition coefficient (Wildman–Crippen LogP) is 1.81. The van der Waals surface area contributed by atoms with Crippen molar-refractivity contribution < 1.29 is 0 Å². The van der Waals surface area contributed by atoms with Crippen molar-refractivity contribution >= 4 is 5.52 Å². The molecule has 0 aliphatic rings. The van der Waals surface area contributed by atoms with E-state index < -0.39 is 0 Å². The van der Waals surface area contributed by atoms with Gasteiger partial charge >= 0.3 is 0 Å². The van der Waals surface area contributed by atoms with Crippen molar-refractivity contribution in [3.8, 4) is 0 Å². The van der Waals surface area contributed by atoms with Gasteiger partial charge in [0.25, 0.3) is 0 Å². The van der Waals surface area contributed by atoms with Gasteiger partial charge in [-0.25, -0.2) is 4.52 Å². The lowest BCUT2D eigenvalue weighted by molar-refractivity contribution is 0.489. The van der Waals surface area contributed by atoms with Crippen molar-refractivity contribution in [1.29, 1.82) is 0 Å². The minimum atomic E-state index is 0.156. The number of nitrogens with one attached hydrogen (secondary N) is 1. The van der Waals surface area contributed by atoms with Crippen molar-refractivity contribution in [3.05, 3.63) is 30.4 Å². The molecule has 0 saturated heterocycles. The SMILES string of the molecule is CCCCCC(NN)c1cnn2ccncc12. The van der Waals surface area contributed by atoms with Crippen LogP contribution in [0.15, 0.2) is 24.8 Å². The Morgan fingerprint density at radius 2 is 2.29 bits per heavy atom. The Kier molecular flexibility index (Phi) is 4.06. The molecule has 0 bridgehead atoms. The van der Waals surface area contributed by atoms with E-state index in [1.165, 1.54) is 19.3 Å². The Hall–Kier alpha value is -1.46. The Labute approximate surface area is 101 Å². The molecule has 0 aromatic carbocycles. The third-order valence-corrected chi connectivity index (χ3v) is 3.03. The molecule has 5 heteroatoms. The molecule has 5 nitrogen and oxygen atoms in total. The van der Waals surface area contributed by atoms with Crippen LogP contribution in [-0.4, -0.2) is 14.6 Å². The minimum Gasteiger partial charge on any atom is -0.271 e. The highest BCUT2D eigenvalue weighted by Crippen LogP contribution is 2.22. The fourth-order valence-corrected chi connectivity index (χ4v) is 2.05. The fourth-order valence-electron chi connectivity index (χ4n) is 2.05. The van der Waals surface area contributed by atoms with E-state index in [0.29, 0.717) is 0 Å². The third kappa shape index (κ3) is 2.62. The molecule has 17 heavy (non-hydrogen) atoms. The van der Waals surface area contributed by atoms with Gasteiger partial charge in [0.2, 0.25) is 0 Å². The third-order valence-electron chi connectivity index (χ3n) is 3.03. The first-order chi connectivity index (χ1) is 8.36. The van der Waals surface area contributed by atoms with Crippen molar-refractivity contribution in [2.45, 2.75) is 38.6 Å². The Morgan fingerprint density at radius 3 is 3.06 bits per heavy atom. The number of hydrogen-bond donors (Lipinski definition) is 2. The second kappa shape index (κ2) is 5.75. The summed E-state index contributed by atoms with van der Waals surface area (Å²) < 4.78 is 1.83. The molecule has 2 aromatic heterocycles. The zero-order valence-electron chi connectivity index (χ0n) is 10.1. The van der Waals surface area contributed by atoms with Gasteiger partial charge in [0.15, 0.2) is 0 Å². The number of hydrogen-bond acceptors (Lipinski definition) is 4. The number of rotatable bonds is 6. The van der Waals surface area contributed by atoms with Crippen LogP contribution in [0.2, 0.25) is 0 Å². The lowest BCUT2D eigenvalue weighted by Gasteiger charge is -2.14. The molecule has 0 radical (unpaired) electrons. The summed E-state index contributed by atoms with van der Waals surface area (Å²) in [4.78, 5) is 4.13. The lowest BCUT2D eigenvalue weighted by Crippen LogP contribution is -2.27. The molecular weight excluding hydrogens is 214 g/mol. The molecule has 0 spiro atoms. The molecule has 2 rings (SSSR count). The van der Waals surface area contributed by atoms with E-state index in [2.05, 4.69) is 22.4 Å². The Bertz CT molecular complexity index is 465. The second-order valence-electron chi connectivity index (χ2n) is 4.22. The van der Waals surface area contributed by atoms with Gasteiger partial charge in [-0.1, -0.05) is 26.2 Å². The highest BCUT2D eigenvalue weighted by Gasteiger charge is 2.14. The maximum atomic E-state index is 5.63. The van der Waals surface area contributed by atoms with Crippen molar-refractivity contribution in [1.82, 2.24) is 20.0 Å². The van der Waals surface area contributed by atoms with Gasteiger partial charge in [0, 0.05) is 24.0 Å². The number of unbranched alkanes of at least 4 members (excludes halogenated alkanes) is 2. The highest BCUT2D eigenvalue weighted by atomic mass is 15.3. The fraction of sp³-hybridized carbons (Fsp3) is 0.500. The summed E-state index contributed by atoms with van der Waals surface area (Å²) in [7, 11) is 0. The first-order valence-corrected chi connectivity index (χ1v) is 6.10. The van der Waals surface area contributed by atoms with E-state index in [4.69, 9.17) is 5.84 Å². The monoisotopic (exact) mass is 233 g/mol. The quantitative estimate of drug-likeness (QED) is 0.453. The van der Waals surface area contributed by atoms with Gasteiger partial charge in [-0.2, -0.15) is 5.10 Å². The van der Waals surface area contributed by atoms with Crippen LogP contribution in [0.4, 0.5) is 0 Å². The molecule has 0 fully saturated rings. The molecule has 0 aliphatic carbocycles. The average Bonchev–Trinajstić information content (AvgIpc) is 2.79.